The minimum Gasteiger partial charge on any atom is -0.507 e. The Morgan fingerprint density at radius 2 is 2.00 bits per heavy atom. The van der Waals surface area contributed by atoms with Crippen LogP contribution in [-0.4, -0.2) is 31.9 Å². The van der Waals surface area contributed by atoms with E-state index in [9.17, 15) is 14.7 Å². The van der Waals surface area contributed by atoms with Crippen molar-refractivity contribution in [2.24, 2.45) is 0 Å². The van der Waals surface area contributed by atoms with Crippen molar-refractivity contribution in [3.63, 3.8) is 0 Å². The first-order valence-electron chi connectivity index (χ1n) is 7.21. The first-order chi connectivity index (χ1) is 12.0. The van der Waals surface area contributed by atoms with E-state index in [1.807, 2.05) is 12.1 Å². The van der Waals surface area contributed by atoms with Crippen LogP contribution in [0.15, 0.2) is 63.4 Å². The number of aliphatic hydroxyl groups excluding tert-OH is 1. The average Bonchev–Trinajstić information content (AvgIpc) is 3.27. The predicted molar refractivity (Wildman–Crippen MR) is 90.6 cm³/mol. The van der Waals surface area contributed by atoms with E-state index >= 15 is 0 Å². The predicted octanol–water partition coefficient (Wildman–Crippen LogP) is 3.53. The van der Waals surface area contributed by atoms with Crippen LogP contribution in [0.25, 0.3) is 5.76 Å². The third-order valence-corrected chi connectivity index (χ3v) is 4.19. The molecule has 126 valence electrons. The number of benzene rings is 1. The van der Waals surface area contributed by atoms with Crippen molar-refractivity contribution in [1.29, 1.82) is 0 Å². The summed E-state index contributed by atoms with van der Waals surface area (Å²) in [6.45, 7) is 1.51. The molecule has 0 saturated heterocycles. The summed E-state index contributed by atoms with van der Waals surface area (Å²) in [6.07, 6.45) is 3.61. The van der Waals surface area contributed by atoms with E-state index in [1.165, 1.54) is 31.3 Å². The van der Waals surface area contributed by atoms with Crippen LogP contribution in [0.5, 0.6) is 0 Å². The van der Waals surface area contributed by atoms with Crippen molar-refractivity contribution in [3.05, 3.63) is 65.9 Å². The smallest absolute Gasteiger partial charge is 0.226 e. The van der Waals surface area contributed by atoms with Crippen LogP contribution < -0.4 is 0 Å². The number of carbonyl (C=O) groups excluding carboxylic acids is 2. The normalized spacial score (nSPS) is 11.5. The van der Waals surface area contributed by atoms with Gasteiger partial charge in [-0.05, 0) is 19.1 Å². The lowest BCUT2D eigenvalue weighted by Gasteiger charge is -1.99. The molecular weight excluding hydrogens is 342 g/mol. The Morgan fingerprint density at radius 3 is 2.64 bits per heavy atom. The number of aliphatic hydroxyl groups is 1. The molecule has 0 saturated carbocycles. The molecule has 8 heteroatoms. The number of H-pyrrole nitrogens is 1. The first kappa shape index (κ1) is 16.7. The second kappa shape index (κ2) is 7.18. The fourth-order valence-electron chi connectivity index (χ4n) is 1.98. The minimum atomic E-state index is -0.495. The van der Waals surface area contributed by atoms with Crippen LogP contribution in [0, 0.1) is 0 Å². The van der Waals surface area contributed by atoms with Crippen LogP contribution in [0.3, 0.4) is 0 Å². The van der Waals surface area contributed by atoms with E-state index in [1.54, 1.807) is 18.2 Å². The summed E-state index contributed by atoms with van der Waals surface area (Å²) in [5.74, 6) is -0.687. The number of carbonyl (C=O) groups is 2. The lowest BCUT2D eigenvalue weighted by molar-refractivity contribution is 0.101. The van der Waals surface area contributed by atoms with Crippen molar-refractivity contribution >= 4 is 29.1 Å². The summed E-state index contributed by atoms with van der Waals surface area (Å²) < 4.78 is 5.39. The Labute approximate surface area is 146 Å². The number of aromatic amines is 1. The summed E-state index contributed by atoms with van der Waals surface area (Å²) in [7, 11) is 0. The second-order valence-electron chi connectivity index (χ2n) is 5.06. The highest BCUT2D eigenvalue weighted by molar-refractivity contribution is 7.99. The van der Waals surface area contributed by atoms with Gasteiger partial charge in [-0.15, -0.1) is 0 Å². The largest absolute Gasteiger partial charge is 0.507 e. The molecule has 1 aromatic carbocycles. The highest BCUT2D eigenvalue weighted by Gasteiger charge is 2.12. The van der Waals surface area contributed by atoms with E-state index in [4.69, 9.17) is 4.42 Å². The number of hydrogen-bond acceptors (Lipinski definition) is 7. The number of Topliss-reactive ketones (excluding diaryl/α,β-unsaturated/α-hetero) is 1. The molecule has 2 heterocycles. The molecule has 0 aliphatic carbocycles. The maximum atomic E-state index is 11.8. The SMILES string of the molecule is CC(=O)c1ccc(Sc2cc(C(O)=CC(=O)c3ncn[nH]3)co2)cc1. The zero-order valence-corrected chi connectivity index (χ0v) is 13.9. The maximum absolute atomic E-state index is 11.8. The van der Waals surface area contributed by atoms with Crippen LogP contribution in [0.1, 0.15) is 33.5 Å². The van der Waals surface area contributed by atoms with Gasteiger partial charge in [-0.25, -0.2) is 4.98 Å². The standard InChI is InChI=1S/C17H13N3O4S/c1-10(21)11-2-4-13(5-3-11)25-16-6-12(8-24-16)14(22)7-15(23)17-18-9-19-20-17/h2-9,22H,1H3,(H,18,19,20). The van der Waals surface area contributed by atoms with Gasteiger partial charge in [0.1, 0.15) is 18.3 Å². The summed E-state index contributed by atoms with van der Waals surface area (Å²) in [5.41, 5.74) is 1.01. The third kappa shape index (κ3) is 4.04. The summed E-state index contributed by atoms with van der Waals surface area (Å²) in [6, 6.07) is 8.71. The number of nitrogens with one attached hydrogen (secondary N) is 1. The summed E-state index contributed by atoms with van der Waals surface area (Å²) in [4.78, 5) is 27.7. The number of furan rings is 1. The van der Waals surface area contributed by atoms with Gasteiger partial charge in [0.05, 0.1) is 5.56 Å². The molecule has 7 nitrogen and oxygen atoms in total. The number of hydrogen-bond donors (Lipinski definition) is 2. The molecule has 0 amide bonds. The lowest BCUT2D eigenvalue weighted by Crippen LogP contribution is -1.98. The quantitative estimate of drug-likeness (QED) is 0.395. The number of ketones is 2. The topological polar surface area (TPSA) is 109 Å². The number of rotatable bonds is 6. The minimum absolute atomic E-state index is 0.00307. The van der Waals surface area contributed by atoms with Gasteiger partial charge in [0, 0.05) is 22.6 Å². The Hall–Kier alpha value is -3.13. The molecule has 0 spiro atoms. The van der Waals surface area contributed by atoms with E-state index < -0.39 is 5.78 Å². The van der Waals surface area contributed by atoms with Crippen molar-refractivity contribution in [3.8, 4) is 0 Å². The van der Waals surface area contributed by atoms with Gasteiger partial charge in [-0.3, -0.25) is 14.7 Å². The fraction of sp³-hybridized carbons (Fsp3) is 0.0588. The van der Waals surface area contributed by atoms with Gasteiger partial charge in [-0.2, -0.15) is 5.10 Å². The molecule has 2 aromatic heterocycles. The Morgan fingerprint density at radius 1 is 1.24 bits per heavy atom. The summed E-state index contributed by atoms with van der Waals surface area (Å²) in [5, 5.41) is 16.6. The molecule has 3 aromatic rings. The molecule has 0 radical (unpaired) electrons. The Kier molecular flexibility index (Phi) is 4.80. The van der Waals surface area contributed by atoms with Crippen molar-refractivity contribution < 1.29 is 19.1 Å². The average molecular weight is 355 g/mol. The molecular formula is C17H13N3O4S. The van der Waals surface area contributed by atoms with Crippen molar-refractivity contribution in [1.82, 2.24) is 15.2 Å². The van der Waals surface area contributed by atoms with Crippen LogP contribution in [-0.2, 0) is 0 Å². The molecule has 25 heavy (non-hydrogen) atoms. The van der Waals surface area contributed by atoms with E-state index in [0.717, 1.165) is 11.0 Å². The molecule has 0 atom stereocenters. The molecule has 0 unspecified atom stereocenters. The van der Waals surface area contributed by atoms with Gasteiger partial charge in [0.2, 0.25) is 5.78 Å². The van der Waals surface area contributed by atoms with Gasteiger partial charge in [0.15, 0.2) is 16.7 Å². The highest BCUT2D eigenvalue weighted by Crippen LogP contribution is 2.31. The molecule has 3 rings (SSSR count). The van der Waals surface area contributed by atoms with Crippen LogP contribution in [0.2, 0.25) is 0 Å². The molecule has 2 N–H and O–H groups in total. The number of nitrogens with zero attached hydrogens (tertiary/aromatic N) is 2. The van der Waals surface area contributed by atoms with E-state index in [2.05, 4.69) is 15.2 Å². The second-order valence-corrected chi connectivity index (χ2v) is 6.14. The van der Waals surface area contributed by atoms with Crippen LogP contribution in [0.4, 0.5) is 0 Å². The molecule has 0 fully saturated rings. The van der Waals surface area contributed by atoms with E-state index in [-0.39, 0.29) is 17.4 Å². The molecule has 0 aliphatic heterocycles. The zero-order chi connectivity index (χ0) is 17.8. The van der Waals surface area contributed by atoms with Gasteiger partial charge in [-0.1, -0.05) is 23.9 Å². The zero-order valence-electron chi connectivity index (χ0n) is 13.1. The number of aromatic nitrogens is 3. The first-order valence-corrected chi connectivity index (χ1v) is 8.02. The molecule has 0 aliphatic rings. The fourth-order valence-corrected chi connectivity index (χ4v) is 2.76. The van der Waals surface area contributed by atoms with Crippen molar-refractivity contribution in [2.75, 3.05) is 0 Å². The van der Waals surface area contributed by atoms with Crippen LogP contribution >= 0.6 is 11.8 Å². The number of allylic oxidation sites excluding steroid dienone is 1. The Bertz CT molecular complexity index is 927. The van der Waals surface area contributed by atoms with Gasteiger partial charge >= 0.3 is 0 Å². The monoisotopic (exact) mass is 355 g/mol. The molecule has 0 bridgehead atoms. The highest BCUT2D eigenvalue weighted by atomic mass is 32.2. The third-order valence-electron chi connectivity index (χ3n) is 3.27. The van der Waals surface area contributed by atoms with Gasteiger partial charge < -0.3 is 9.52 Å². The lowest BCUT2D eigenvalue weighted by atomic mass is 10.2. The summed E-state index contributed by atoms with van der Waals surface area (Å²) >= 11 is 1.33. The van der Waals surface area contributed by atoms with Gasteiger partial charge in [0.25, 0.3) is 0 Å². The van der Waals surface area contributed by atoms with E-state index in [0.29, 0.717) is 16.2 Å². The Balaban J connectivity index is 1.71. The maximum Gasteiger partial charge on any atom is 0.226 e. The van der Waals surface area contributed by atoms with Crippen molar-refractivity contribution in [2.45, 2.75) is 16.9 Å².